The number of rotatable bonds is 6. The molecule has 0 aliphatic rings. The van der Waals surface area contributed by atoms with Crippen LogP contribution >= 0.6 is 0 Å². The molecule has 0 saturated heterocycles. The van der Waals surface area contributed by atoms with Crippen LogP contribution in [0.15, 0.2) is 54.6 Å². The molecule has 0 bridgehead atoms. The highest BCUT2D eigenvalue weighted by molar-refractivity contribution is 5.95. The molecular formula is C22H24N4O. The van der Waals surface area contributed by atoms with Crippen molar-refractivity contribution in [2.45, 2.75) is 33.6 Å². The van der Waals surface area contributed by atoms with Gasteiger partial charge in [0, 0.05) is 23.0 Å². The Bertz CT molecular complexity index is 966. The molecular weight excluding hydrogens is 336 g/mol. The maximum atomic E-state index is 11.6. The summed E-state index contributed by atoms with van der Waals surface area (Å²) in [4.78, 5) is 20.5. The lowest BCUT2D eigenvalue weighted by Gasteiger charge is -2.15. The van der Waals surface area contributed by atoms with Crippen LogP contribution in [-0.2, 0) is 0 Å². The second-order valence-electron chi connectivity index (χ2n) is 6.81. The number of benzene rings is 2. The van der Waals surface area contributed by atoms with Gasteiger partial charge in [-0.1, -0.05) is 44.2 Å². The standard InChI is InChI=1S/C22H24N4O/c1-14(2)19-10-5-6-11-20(19)26-22-13-21(23-16(4)24-22)25-18-9-7-8-17(12-18)15(3)27/h5-14H,1-4H3,(H2,23,24,25,26). The number of carbonyl (C=O) groups excluding carboxylic acids is 1. The number of carbonyl (C=O) groups is 1. The zero-order valence-corrected chi connectivity index (χ0v) is 16.1. The van der Waals surface area contributed by atoms with E-state index in [2.05, 4.69) is 46.6 Å². The van der Waals surface area contributed by atoms with Crippen LogP contribution in [0.4, 0.5) is 23.0 Å². The van der Waals surface area contributed by atoms with Crippen molar-refractivity contribution in [1.29, 1.82) is 0 Å². The average molecular weight is 360 g/mol. The number of aromatic nitrogens is 2. The van der Waals surface area contributed by atoms with E-state index in [1.165, 1.54) is 5.56 Å². The molecule has 2 N–H and O–H groups in total. The first-order chi connectivity index (χ1) is 12.9. The van der Waals surface area contributed by atoms with Crippen molar-refractivity contribution in [3.05, 3.63) is 71.5 Å². The van der Waals surface area contributed by atoms with E-state index < -0.39 is 0 Å². The lowest BCUT2D eigenvalue weighted by molar-refractivity contribution is 0.101. The summed E-state index contributed by atoms with van der Waals surface area (Å²) in [6, 6.07) is 17.5. The largest absolute Gasteiger partial charge is 0.340 e. The molecule has 5 nitrogen and oxygen atoms in total. The van der Waals surface area contributed by atoms with Crippen molar-refractivity contribution in [3.8, 4) is 0 Å². The maximum absolute atomic E-state index is 11.6. The minimum atomic E-state index is 0.0326. The third-order valence-electron chi connectivity index (χ3n) is 4.22. The maximum Gasteiger partial charge on any atom is 0.159 e. The number of ketones is 1. The molecule has 1 aromatic heterocycles. The Labute approximate surface area is 159 Å². The fourth-order valence-electron chi connectivity index (χ4n) is 2.91. The van der Waals surface area contributed by atoms with E-state index >= 15 is 0 Å². The first kappa shape index (κ1) is 18.6. The first-order valence-electron chi connectivity index (χ1n) is 9.02. The van der Waals surface area contributed by atoms with Crippen LogP contribution in [0.25, 0.3) is 0 Å². The van der Waals surface area contributed by atoms with Crippen LogP contribution in [0.3, 0.4) is 0 Å². The Hall–Kier alpha value is -3.21. The van der Waals surface area contributed by atoms with Crippen LogP contribution in [0.5, 0.6) is 0 Å². The monoisotopic (exact) mass is 360 g/mol. The lowest BCUT2D eigenvalue weighted by Crippen LogP contribution is -2.04. The van der Waals surface area contributed by atoms with Gasteiger partial charge in [-0.05, 0) is 43.5 Å². The normalized spacial score (nSPS) is 10.7. The Morgan fingerprint density at radius 2 is 1.63 bits per heavy atom. The Morgan fingerprint density at radius 1 is 0.926 bits per heavy atom. The number of para-hydroxylation sites is 1. The molecule has 138 valence electrons. The average Bonchev–Trinajstić information content (AvgIpc) is 2.61. The highest BCUT2D eigenvalue weighted by atomic mass is 16.1. The van der Waals surface area contributed by atoms with E-state index in [0.717, 1.165) is 17.2 Å². The van der Waals surface area contributed by atoms with Gasteiger partial charge in [0.1, 0.15) is 17.5 Å². The van der Waals surface area contributed by atoms with E-state index in [-0.39, 0.29) is 5.78 Å². The van der Waals surface area contributed by atoms with Crippen LogP contribution in [-0.4, -0.2) is 15.8 Å². The molecule has 1 heterocycles. The third kappa shape index (κ3) is 4.70. The van der Waals surface area contributed by atoms with E-state index in [1.54, 1.807) is 13.0 Å². The quantitative estimate of drug-likeness (QED) is 0.560. The van der Waals surface area contributed by atoms with E-state index in [9.17, 15) is 4.79 Å². The summed E-state index contributed by atoms with van der Waals surface area (Å²) in [7, 11) is 0. The van der Waals surface area contributed by atoms with Gasteiger partial charge in [0.15, 0.2) is 5.78 Å². The van der Waals surface area contributed by atoms with Crippen molar-refractivity contribution in [3.63, 3.8) is 0 Å². The number of hydrogen-bond acceptors (Lipinski definition) is 5. The number of hydrogen-bond donors (Lipinski definition) is 2. The molecule has 3 rings (SSSR count). The molecule has 0 amide bonds. The SMILES string of the molecule is CC(=O)c1cccc(Nc2cc(Nc3ccccc3C(C)C)nc(C)n2)c1. The van der Waals surface area contributed by atoms with E-state index in [0.29, 0.717) is 23.1 Å². The Balaban J connectivity index is 1.87. The number of nitrogens with one attached hydrogen (secondary N) is 2. The predicted octanol–water partition coefficient (Wildman–Crippen LogP) is 5.60. The third-order valence-corrected chi connectivity index (χ3v) is 4.22. The summed E-state index contributed by atoms with van der Waals surface area (Å²) < 4.78 is 0. The zero-order valence-electron chi connectivity index (χ0n) is 16.1. The van der Waals surface area contributed by atoms with Crippen molar-refractivity contribution in [2.75, 3.05) is 10.6 Å². The molecule has 0 aliphatic carbocycles. The van der Waals surface area contributed by atoms with Gasteiger partial charge >= 0.3 is 0 Å². The molecule has 0 unspecified atom stereocenters. The molecule has 0 saturated carbocycles. The molecule has 3 aromatic rings. The summed E-state index contributed by atoms with van der Waals surface area (Å²) in [5, 5.41) is 6.67. The van der Waals surface area contributed by atoms with Gasteiger partial charge in [0.05, 0.1) is 0 Å². The lowest BCUT2D eigenvalue weighted by atomic mass is 10.0. The van der Waals surface area contributed by atoms with Crippen LogP contribution in [0.2, 0.25) is 0 Å². The minimum absolute atomic E-state index is 0.0326. The van der Waals surface area contributed by atoms with Crippen molar-refractivity contribution < 1.29 is 4.79 Å². The van der Waals surface area contributed by atoms with Gasteiger partial charge in [-0.25, -0.2) is 9.97 Å². The summed E-state index contributed by atoms with van der Waals surface area (Å²) in [6.45, 7) is 7.75. The summed E-state index contributed by atoms with van der Waals surface area (Å²) in [5.41, 5.74) is 3.75. The summed E-state index contributed by atoms with van der Waals surface area (Å²) in [6.07, 6.45) is 0. The van der Waals surface area contributed by atoms with Gasteiger partial charge in [-0.3, -0.25) is 4.79 Å². The molecule has 0 aliphatic heterocycles. The molecule has 27 heavy (non-hydrogen) atoms. The highest BCUT2D eigenvalue weighted by Gasteiger charge is 2.09. The van der Waals surface area contributed by atoms with Crippen LogP contribution in [0, 0.1) is 6.92 Å². The molecule has 0 atom stereocenters. The minimum Gasteiger partial charge on any atom is -0.340 e. The molecule has 5 heteroatoms. The summed E-state index contributed by atoms with van der Waals surface area (Å²) in [5.74, 6) is 2.49. The highest BCUT2D eigenvalue weighted by Crippen LogP contribution is 2.27. The number of Topliss-reactive ketones (excluding diaryl/α,β-unsaturated/α-hetero) is 1. The Kier molecular flexibility index (Phi) is 5.50. The van der Waals surface area contributed by atoms with Gasteiger partial charge < -0.3 is 10.6 Å². The Morgan fingerprint density at radius 3 is 2.33 bits per heavy atom. The van der Waals surface area contributed by atoms with Crippen molar-refractivity contribution in [1.82, 2.24) is 9.97 Å². The van der Waals surface area contributed by atoms with Crippen LogP contribution in [0.1, 0.15) is 48.4 Å². The van der Waals surface area contributed by atoms with Gasteiger partial charge in [-0.2, -0.15) is 0 Å². The van der Waals surface area contributed by atoms with E-state index in [4.69, 9.17) is 0 Å². The molecule has 2 aromatic carbocycles. The topological polar surface area (TPSA) is 66.9 Å². The molecule has 0 fully saturated rings. The fourth-order valence-corrected chi connectivity index (χ4v) is 2.91. The zero-order chi connectivity index (χ0) is 19.4. The van der Waals surface area contributed by atoms with Crippen molar-refractivity contribution >= 4 is 28.8 Å². The number of aryl methyl sites for hydroxylation is 1. The van der Waals surface area contributed by atoms with Gasteiger partial charge in [0.25, 0.3) is 0 Å². The summed E-state index contributed by atoms with van der Waals surface area (Å²) >= 11 is 0. The second-order valence-corrected chi connectivity index (χ2v) is 6.81. The first-order valence-corrected chi connectivity index (χ1v) is 9.02. The smallest absolute Gasteiger partial charge is 0.159 e. The number of anilines is 4. The molecule has 0 radical (unpaired) electrons. The van der Waals surface area contributed by atoms with E-state index in [1.807, 2.05) is 43.3 Å². The molecule has 0 spiro atoms. The fraction of sp³-hybridized carbons (Fsp3) is 0.227. The predicted molar refractivity (Wildman–Crippen MR) is 110 cm³/mol. The number of nitrogens with zero attached hydrogens (tertiary/aromatic N) is 2. The van der Waals surface area contributed by atoms with Gasteiger partial charge in [-0.15, -0.1) is 0 Å². The van der Waals surface area contributed by atoms with Gasteiger partial charge in [0.2, 0.25) is 0 Å². The van der Waals surface area contributed by atoms with Crippen LogP contribution < -0.4 is 10.6 Å². The second kappa shape index (κ2) is 7.99. The van der Waals surface area contributed by atoms with Crippen molar-refractivity contribution in [2.24, 2.45) is 0 Å².